The van der Waals surface area contributed by atoms with Gasteiger partial charge in [-0.25, -0.2) is 0 Å². The van der Waals surface area contributed by atoms with Crippen LogP contribution in [0.5, 0.6) is 0 Å². The number of unbranched alkanes of at least 4 members (excludes halogenated alkanes) is 16. The molecule has 28 heavy (non-hydrogen) atoms. The predicted molar refractivity (Wildman–Crippen MR) is 133 cm³/mol. The molecule has 0 atom stereocenters. The molecule has 0 fully saturated rings. The van der Waals surface area contributed by atoms with Crippen molar-refractivity contribution in [3.05, 3.63) is 0 Å². The first kappa shape index (κ1) is 31.6. The van der Waals surface area contributed by atoms with Crippen LogP contribution in [0.25, 0.3) is 0 Å². The first-order chi connectivity index (χ1) is 13.1. The average molecular weight is 592 g/mol. The number of hydrogen-bond acceptors (Lipinski definition) is 0. The maximum atomic E-state index is 3.51. The van der Waals surface area contributed by atoms with Crippen molar-refractivity contribution in [2.24, 2.45) is 0 Å². The first-order valence-corrected chi connectivity index (χ1v) is 14.3. The fourth-order valence-electron chi connectivity index (χ4n) is 3.86. The molecule has 0 unspecified atom stereocenters. The van der Waals surface area contributed by atoms with Gasteiger partial charge in [0.05, 0.1) is 27.2 Å². The number of nitrogens with zero attached hydrogens (tertiary/aromatic N) is 1. The van der Waals surface area contributed by atoms with Gasteiger partial charge in [0.2, 0.25) is 0 Å². The molecule has 0 aromatic carbocycles. The second-order valence-corrected chi connectivity index (χ2v) is 10.7. The molecule has 0 radical (unpaired) electrons. The summed E-state index contributed by atoms with van der Waals surface area (Å²) in [6, 6.07) is 0. The average Bonchev–Trinajstić information content (AvgIpc) is 2.64. The Kier molecular flexibility index (Phi) is 27.8. The van der Waals surface area contributed by atoms with Gasteiger partial charge >= 0.3 is 0 Å². The Morgan fingerprint density at radius 3 is 0.857 bits per heavy atom. The van der Waals surface area contributed by atoms with Gasteiger partial charge < -0.3 is 21.5 Å². The molecule has 0 spiro atoms. The van der Waals surface area contributed by atoms with Crippen LogP contribution in [0.2, 0.25) is 0 Å². The summed E-state index contributed by atoms with van der Waals surface area (Å²) in [6.07, 6.45) is 25.8. The van der Waals surface area contributed by atoms with E-state index < -0.39 is 0 Å². The van der Waals surface area contributed by atoms with Crippen LogP contribution < -0.4 is 17.0 Å². The number of rotatable bonds is 22. The molecule has 0 heterocycles. The molecule has 0 saturated carbocycles. The van der Waals surface area contributed by atoms with E-state index in [1.165, 1.54) is 144 Å². The third-order valence-electron chi connectivity index (χ3n) is 5.79. The van der Waals surface area contributed by atoms with Gasteiger partial charge in [0.1, 0.15) is 0 Å². The van der Waals surface area contributed by atoms with Crippen LogP contribution in [-0.4, -0.2) is 42.3 Å². The molecule has 172 valence electrons. The number of hydrogen-bond donors (Lipinski definition) is 0. The lowest BCUT2D eigenvalue weighted by Crippen LogP contribution is -3.00. The van der Waals surface area contributed by atoms with E-state index >= 15 is 0 Å². The number of halogens is 3. The highest BCUT2D eigenvalue weighted by atomic mass is 79.9. The van der Waals surface area contributed by atoms with Crippen molar-refractivity contribution in [3.8, 4) is 0 Å². The SMILES string of the molecule is C[N+](C)(CCCCCCCCCCCBr)CCCCCCCCCCCBr.[Br-]. The van der Waals surface area contributed by atoms with Gasteiger partial charge in [0, 0.05) is 10.7 Å². The smallest absolute Gasteiger partial charge is 0.0782 e. The van der Waals surface area contributed by atoms with E-state index in [0.717, 1.165) is 0 Å². The summed E-state index contributed by atoms with van der Waals surface area (Å²) in [6.45, 7) is 2.75. The van der Waals surface area contributed by atoms with Crippen molar-refractivity contribution in [1.29, 1.82) is 0 Å². The normalized spacial score (nSPS) is 11.6. The Bertz CT molecular complexity index is 259. The van der Waals surface area contributed by atoms with E-state index in [4.69, 9.17) is 0 Å². The Hall–Kier alpha value is 1.40. The Morgan fingerprint density at radius 2 is 0.607 bits per heavy atom. The van der Waals surface area contributed by atoms with Crippen molar-refractivity contribution < 1.29 is 21.5 Å². The minimum atomic E-state index is 0. The molecule has 0 rings (SSSR count). The molecule has 0 aromatic heterocycles. The first-order valence-electron chi connectivity index (χ1n) is 12.1. The van der Waals surface area contributed by atoms with E-state index in [2.05, 4.69) is 46.0 Å². The van der Waals surface area contributed by atoms with E-state index in [0.29, 0.717) is 0 Å². The lowest BCUT2D eigenvalue weighted by Gasteiger charge is -2.30. The summed E-state index contributed by atoms with van der Waals surface area (Å²) in [5.41, 5.74) is 0. The third kappa shape index (κ3) is 25.4. The molecule has 0 aliphatic carbocycles. The number of quaternary nitrogens is 1. The monoisotopic (exact) mass is 589 g/mol. The Balaban J connectivity index is 0. The zero-order valence-corrected chi connectivity index (χ0v) is 23.9. The largest absolute Gasteiger partial charge is 1.00 e. The van der Waals surface area contributed by atoms with Crippen LogP contribution in [0.3, 0.4) is 0 Å². The van der Waals surface area contributed by atoms with E-state index in [1.807, 2.05) is 0 Å². The maximum absolute atomic E-state index is 3.51. The zero-order chi connectivity index (χ0) is 20.1. The summed E-state index contributed by atoms with van der Waals surface area (Å²) in [4.78, 5) is 0. The predicted octanol–water partition coefficient (Wildman–Crippen LogP) is 5.88. The summed E-state index contributed by atoms with van der Waals surface area (Å²) in [5.74, 6) is 0. The Morgan fingerprint density at radius 1 is 0.393 bits per heavy atom. The quantitative estimate of drug-likeness (QED) is 0.0838. The number of alkyl halides is 2. The van der Waals surface area contributed by atoms with Crippen LogP contribution in [-0.2, 0) is 0 Å². The second-order valence-electron chi connectivity index (χ2n) is 9.12. The molecule has 1 nitrogen and oxygen atoms in total. The molecule has 4 heteroatoms. The molecular weight excluding hydrogens is 542 g/mol. The van der Waals surface area contributed by atoms with Gasteiger partial charge in [-0.05, 0) is 38.5 Å². The van der Waals surface area contributed by atoms with Crippen LogP contribution >= 0.6 is 31.9 Å². The van der Waals surface area contributed by atoms with Gasteiger partial charge in [-0.2, -0.15) is 0 Å². The lowest BCUT2D eigenvalue weighted by molar-refractivity contribution is -0.890. The molecule has 0 aliphatic heterocycles. The fourth-order valence-corrected chi connectivity index (χ4v) is 4.65. The van der Waals surface area contributed by atoms with Crippen LogP contribution in [0.4, 0.5) is 0 Å². The van der Waals surface area contributed by atoms with E-state index in [1.54, 1.807) is 0 Å². The van der Waals surface area contributed by atoms with E-state index in [9.17, 15) is 0 Å². The van der Waals surface area contributed by atoms with Gasteiger partial charge in [0.25, 0.3) is 0 Å². The molecule has 0 saturated heterocycles. The lowest BCUT2D eigenvalue weighted by atomic mass is 10.1. The third-order valence-corrected chi connectivity index (χ3v) is 6.92. The van der Waals surface area contributed by atoms with E-state index in [-0.39, 0.29) is 17.0 Å². The van der Waals surface area contributed by atoms with Crippen molar-refractivity contribution in [2.75, 3.05) is 37.8 Å². The summed E-state index contributed by atoms with van der Waals surface area (Å²) in [5, 5.41) is 2.36. The topological polar surface area (TPSA) is 0 Å². The molecule has 0 aliphatic rings. The highest BCUT2D eigenvalue weighted by Crippen LogP contribution is 2.14. The highest BCUT2D eigenvalue weighted by Gasteiger charge is 2.13. The second kappa shape index (κ2) is 24.7. The van der Waals surface area contributed by atoms with Gasteiger partial charge in [0.15, 0.2) is 0 Å². The zero-order valence-electron chi connectivity index (χ0n) is 19.1. The van der Waals surface area contributed by atoms with Gasteiger partial charge in [-0.1, -0.05) is 109 Å². The maximum Gasteiger partial charge on any atom is 0.0782 e. The van der Waals surface area contributed by atoms with Gasteiger partial charge in [-0.3, -0.25) is 0 Å². The fraction of sp³-hybridized carbons (Fsp3) is 1.00. The van der Waals surface area contributed by atoms with Crippen molar-refractivity contribution in [2.45, 2.75) is 116 Å². The van der Waals surface area contributed by atoms with Crippen LogP contribution in [0.15, 0.2) is 0 Å². The summed E-state index contributed by atoms with van der Waals surface area (Å²) in [7, 11) is 4.88. The summed E-state index contributed by atoms with van der Waals surface area (Å²) < 4.78 is 1.24. The van der Waals surface area contributed by atoms with Crippen molar-refractivity contribution in [1.82, 2.24) is 0 Å². The van der Waals surface area contributed by atoms with Crippen molar-refractivity contribution in [3.63, 3.8) is 0 Å². The van der Waals surface area contributed by atoms with Crippen LogP contribution in [0, 0.1) is 0 Å². The highest BCUT2D eigenvalue weighted by molar-refractivity contribution is 9.09. The van der Waals surface area contributed by atoms with Gasteiger partial charge in [-0.15, -0.1) is 0 Å². The molecule has 0 amide bonds. The summed E-state index contributed by atoms with van der Waals surface area (Å²) >= 11 is 7.03. The Labute approximate surface area is 205 Å². The van der Waals surface area contributed by atoms with Crippen molar-refractivity contribution >= 4 is 31.9 Å². The minimum Gasteiger partial charge on any atom is -1.00 e. The molecule has 0 aromatic rings. The minimum absolute atomic E-state index is 0. The molecule has 0 bridgehead atoms. The standard InChI is InChI=1S/C24H50Br2N.BrH/c1-27(2,23-19-15-11-7-3-5-9-13-17-21-25)24-20-16-12-8-4-6-10-14-18-22-26;/h3-24H2,1-2H3;1H/q+1;/p-1. The van der Waals surface area contributed by atoms with Crippen LogP contribution in [0.1, 0.15) is 116 Å². The molecule has 0 N–H and O–H groups in total. The molecular formula is C24H50Br3N.